The molecule has 0 bridgehead atoms. The van der Waals surface area contributed by atoms with Gasteiger partial charge in [-0.1, -0.05) is 13.8 Å². The molecule has 0 saturated carbocycles. The quantitative estimate of drug-likeness (QED) is 0.838. The van der Waals surface area contributed by atoms with E-state index in [1.807, 2.05) is 13.8 Å². The number of amides is 1. The molecule has 1 amide bonds. The molecule has 1 aliphatic heterocycles. The molecule has 1 saturated heterocycles. The average molecular weight is 251 g/mol. The second-order valence-electron chi connectivity index (χ2n) is 5.06. The first-order valence-electron chi connectivity index (χ1n) is 5.99. The van der Waals surface area contributed by atoms with E-state index in [-0.39, 0.29) is 18.4 Å². The summed E-state index contributed by atoms with van der Waals surface area (Å²) in [6.07, 6.45) is 2.01. The molecule has 98 valence electrons. The van der Waals surface area contributed by atoms with Crippen molar-refractivity contribution in [2.24, 2.45) is 11.3 Å². The van der Waals surface area contributed by atoms with Crippen molar-refractivity contribution in [3.63, 3.8) is 0 Å². The molecule has 0 aromatic carbocycles. The predicted octanol–water partition coefficient (Wildman–Crippen LogP) is 0.983. The van der Waals surface area contributed by atoms with Gasteiger partial charge in [0.05, 0.1) is 5.41 Å². The highest BCUT2D eigenvalue weighted by atomic mass is 16.4. The smallest absolute Gasteiger partial charge is 0.311 e. The molecule has 1 atom stereocenters. The van der Waals surface area contributed by atoms with E-state index in [1.165, 1.54) is 6.20 Å². The summed E-state index contributed by atoms with van der Waals surface area (Å²) in [6, 6.07) is 1.60. The SMILES string of the molecule is CC(C)C1(C(=O)O)CCN(C(=O)c2ccn[nH]2)C1. The van der Waals surface area contributed by atoms with Gasteiger partial charge in [0.15, 0.2) is 0 Å². The number of likely N-dealkylation sites (tertiary alicyclic amines) is 1. The van der Waals surface area contributed by atoms with E-state index in [4.69, 9.17) is 0 Å². The van der Waals surface area contributed by atoms with Crippen LogP contribution in [0.1, 0.15) is 30.8 Å². The van der Waals surface area contributed by atoms with Gasteiger partial charge in [-0.25, -0.2) is 0 Å². The number of hydrogen-bond donors (Lipinski definition) is 2. The molecule has 18 heavy (non-hydrogen) atoms. The maximum absolute atomic E-state index is 12.1. The van der Waals surface area contributed by atoms with Gasteiger partial charge in [0.1, 0.15) is 5.69 Å². The standard InChI is InChI=1S/C12H17N3O3/c1-8(2)12(11(17)18)4-6-15(7-12)10(16)9-3-5-13-14-9/h3,5,8H,4,6-7H2,1-2H3,(H,13,14)(H,17,18). The average Bonchev–Trinajstić information content (AvgIpc) is 2.98. The number of nitrogens with one attached hydrogen (secondary N) is 1. The summed E-state index contributed by atoms with van der Waals surface area (Å²) in [6.45, 7) is 4.51. The van der Waals surface area contributed by atoms with Crippen LogP contribution in [0.15, 0.2) is 12.3 Å². The number of carboxylic acids is 1. The minimum Gasteiger partial charge on any atom is -0.481 e. The third-order valence-corrected chi connectivity index (χ3v) is 3.85. The summed E-state index contributed by atoms with van der Waals surface area (Å²) >= 11 is 0. The number of hydrogen-bond acceptors (Lipinski definition) is 3. The molecule has 2 rings (SSSR count). The van der Waals surface area contributed by atoms with Crippen molar-refractivity contribution in [1.29, 1.82) is 0 Å². The van der Waals surface area contributed by atoms with Crippen LogP contribution in [0.25, 0.3) is 0 Å². The highest BCUT2D eigenvalue weighted by Gasteiger charge is 2.48. The van der Waals surface area contributed by atoms with E-state index in [1.54, 1.807) is 11.0 Å². The van der Waals surface area contributed by atoms with E-state index in [0.29, 0.717) is 18.7 Å². The van der Waals surface area contributed by atoms with Crippen LogP contribution in [0.2, 0.25) is 0 Å². The normalized spacial score (nSPS) is 23.6. The molecule has 2 heterocycles. The molecule has 1 aromatic rings. The van der Waals surface area contributed by atoms with E-state index < -0.39 is 11.4 Å². The molecule has 0 spiro atoms. The van der Waals surface area contributed by atoms with Gasteiger partial charge in [-0.15, -0.1) is 0 Å². The van der Waals surface area contributed by atoms with Crippen molar-refractivity contribution in [2.45, 2.75) is 20.3 Å². The van der Waals surface area contributed by atoms with Crippen molar-refractivity contribution in [1.82, 2.24) is 15.1 Å². The molecule has 6 heteroatoms. The summed E-state index contributed by atoms with van der Waals surface area (Å²) in [5, 5.41) is 15.7. The summed E-state index contributed by atoms with van der Waals surface area (Å²) in [5.41, 5.74) is -0.421. The van der Waals surface area contributed by atoms with Crippen molar-refractivity contribution >= 4 is 11.9 Å². The van der Waals surface area contributed by atoms with Crippen molar-refractivity contribution in [3.05, 3.63) is 18.0 Å². The summed E-state index contributed by atoms with van der Waals surface area (Å²) in [7, 11) is 0. The van der Waals surface area contributed by atoms with E-state index in [9.17, 15) is 14.7 Å². The van der Waals surface area contributed by atoms with E-state index >= 15 is 0 Å². The highest BCUT2D eigenvalue weighted by Crippen LogP contribution is 2.38. The molecule has 0 radical (unpaired) electrons. The van der Waals surface area contributed by atoms with Crippen molar-refractivity contribution in [3.8, 4) is 0 Å². The zero-order valence-corrected chi connectivity index (χ0v) is 10.5. The largest absolute Gasteiger partial charge is 0.481 e. The molecule has 1 aromatic heterocycles. The lowest BCUT2D eigenvalue weighted by Gasteiger charge is -2.28. The fourth-order valence-electron chi connectivity index (χ4n) is 2.44. The van der Waals surface area contributed by atoms with Crippen LogP contribution >= 0.6 is 0 Å². The minimum atomic E-state index is -0.824. The van der Waals surface area contributed by atoms with Crippen LogP contribution in [0, 0.1) is 11.3 Å². The fraction of sp³-hybridized carbons (Fsp3) is 0.583. The maximum Gasteiger partial charge on any atom is 0.311 e. The number of carbonyl (C=O) groups is 2. The van der Waals surface area contributed by atoms with Gasteiger partial charge in [0.2, 0.25) is 0 Å². The van der Waals surface area contributed by atoms with E-state index in [0.717, 1.165) is 0 Å². The molecule has 1 fully saturated rings. The first kappa shape index (κ1) is 12.6. The Morgan fingerprint density at radius 1 is 1.56 bits per heavy atom. The Bertz CT molecular complexity index is 455. The zero-order valence-electron chi connectivity index (χ0n) is 10.5. The van der Waals surface area contributed by atoms with Gasteiger partial charge < -0.3 is 10.0 Å². The maximum atomic E-state index is 12.1. The highest BCUT2D eigenvalue weighted by molar-refractivity contribution is 5.93. The predicted molar refractivity (Wildman–Crippen MR) is 64.0 cm³/mol. The Balaban J connectivity index is 2.17. The summed E-state index contributed by atoms with van der Waals surface area (Å²) in [5.74, 6) is -1.01. The fourth-order valence-corrected chi connectivity index (χ4v) is 2.44. The Hall–Kier alpha value is -1.85. The van der Waals surface area contributed by atoms with Gasteiger partial charge in [-0.05, 0) is 18.4 Å². The van der Waals surface area contributed by atoms with Crippen LogP contribution in [0.3, 0.4) is 0 Å². The Labute approximate surface area is 105 Å². The molecule has 1 unspecified atom stereocenters. The third-order valence-electron chi connectivity index (χ3n) is 3.85. The molecule has 0 aliphatic carbocycles. The number of carbonyl (C=O) groups excluding carboxylic acids is 1. The van der Waals surface area contributed by atoms with Gasteiger partial charge in [0, 0.05) is 19.3 Å². The first-order valence-corrected chi connectivity index (χ1v) is 5.99. The van der Waals surface area contributed by atoms with Gasteiger partial charge >= 0.3 is 5.97 Å². The topological polar surface area (TPSA) is 86.3 Å². The third kappa shape index (κ3) is 1.87. The van der Waals surface area contributed by atoms with Gasteiger partial charge in [-0.3, -0.25) is 14.7 Å². The molecular formula is C12H17N3O3. The van der Waals surface area contributed by atoms with Gasteiger partial charge in [0.25, 0.3) is 5.91 Å². The molecular weight excluding hydrogens is 234 g/mol. The lowest BCUT2D eigenvalue weighted by molar-refractivity contribution is -0.150. The van der Waals surface area contributed by atoms with Gasteiger partial charge in [-0.2, -0.15) is 5.10 Å². The van der Waals surface area contributed by atoms with Crippen LogP contribution in [0.5, 0.6) is 0 Å². The summed E-state index contributed by atoms with van der Waals surface area (Å²) < 4.78 is 0. The monoisotopic (exact) mass is 251 g/mol. The number of aliphatic carboxylic acids is 1. The molecule has 6 nitrogen and oxygen atoms in total. The number of carboxylic acid groups (broad SMARTS) is 1. The summed E-state index contributed by atoms with van der Waals surface area (Å²) in [4.78, 5) is 25.1. The van der Waals surface area contributed by atoms with Crippen molar-refractivity contribution < 1.29 is 14.7 Å². The second kappa shape index (κ2) is 4.44. The Morgan fingerprint density at radius 3 is 2.72 bits per heavy atom. The second-order valence-corrected chi connectivity index (χ2v) is 5.06. The molecule has 1 aliphatic rings. The van der Waals surface area contributed by atoms with Crippen LogP contribution in [0.4, 0.5) is 0 Å². The lowest BCUT2D eigenvalue weighted by atomic mass is 9.76. The number of aromatic nitrogens is 2. The Kier molecular flexibility index (Phi) is 3.11. The zero-order chi connectivity index (χ0) is 13.3. The van der Waals surface area contributed by atoms with Crippen LogP contribution < -0.4 is 0 Å². The number of nitrogens with zero attached hydrogens (tertiary/aromatic N) is 2. The number of H-pyrrole nitrogens is 1. The van der Waals surface area contributed by atoms with Crippen LogP contribution in [-0.2, 0) is 4.79 Å². The molecule has 2 N–H and O–H groups in total. The Morgan fingerprint density at radius 2 is 2.28 bits per heavy atom. The van der Waals surface area contributed by atoms with Crippen molar-refractivity contribution in [2.75, 3.05) is 13.1 Å². The number of aromatic amines is 1. The lowest BCUT2D eigenvalue weighted by Crippen LogP contribution is -2.40. The minimum absolute atomic E-state index is 0.00503. The first-order chi connectivity index (χ1) is 8.47. The number of rotatable bonds is 3. The van der Waals surface area contributed by atoms with Crippen LogP contribution in [-0.4, -0.2) is 45.2 Å². The van der Waals surface area contributed by atoms with E-state index in [2.05, 4.69) is 10.2 Å².